The standard InChI is InChI=1S/C18H28N4O4S/c1-4-7-19-18(24)20-17(23)13-21-8-10-22(11-9-21)27(25,26)16-12-14(2)5-6-15(16)3/h5-6,12H,4,7-11,13H2,1-3H3,(H2,19,20,23,24). The van der Waals surface area contributed by atoms with Crippen molar-refractivity contribution in [2.75, 3.05) is 39.3 Å². The number of piperazine rings is 1. The average molecular weight is 397 g/mol. The topological polar surface area (TPSA) is 98.8 Å². The summed E-state index contributed by atoms with van der Waals surface area (Å²) in [6.45, 7) is 7.65. The number of rotatable bonds is 6. The van der Waals surface area contributed by atoms with Gasteiger partial charge in [-0.2, -0.15) is 4.31 Å². The lowest BCUT2D eigenvalue weighted by atomic mass is 10.2. The summed E-state index contributed by atoms with van der Waals surface area (Å²) in [5.41, 5.74) is 1.62. The first-order chi connectivity index (χ1) is 12.7. The quantitative estimate of drug-likeness (QED) is 0.743. The molecule has 0 unspecified atom stereocenters. The summed E-state index contributed by atoms with van der Waals surface area (Å²) in [7, 11) is -3.55. The van der Waals surface area contributed by atoms with E-state index < -0.39 is 22.0 Å². The molecule has 1 saturated heterocycles. The first-order valence-corrected chi connectivity index (χ1v) is 10.6. The number of benzene rings is 1. The fourth-order valence-electron chi connectivity index (χ4n) is 2.90. The van der Waals surface area contributed by atoms with E-state index in [2.05, 4.69) is 10.6 Å². The lowest BCUT2D eigenvalue weighted by molar-refractivity contribution is -0.121. The fourth-order valence-corrected chi connectivity index (χ4v) is 4.64. The van der Waals surface area contributed by atoms with Crippen molar-refractivity contribution >= 4 is 22.0 Å². The molecule has 0 atom stereocenters. The van der Waals surface area contributed by atoms with E-state index in [1.165, 1.54) is 4.31 Å². The highest BCUT2D eigenvalue weighted by atomic mass is 32.2. The molecule has 1 aliphatic heterocycles. The molecule has 1 aromatic carbocycles. The van der Waals surface area contributed by atoms with Crippen molar-refractivity contribution in [1.82, 2.24) is 19.8 Å². The van der Waals surface area contributed by atoms with E-state index in [1.54, 1.807) is 13.0 Å². The van der Waals surface area contributed by atoms with E-state index in [0.717, 1.165) is 17.5 Å². The minimum absolute atomic E-state index is 0.0664. The smallest absolute Gasteiger partial charge is 0.321 e. The summed E-state index contributed by atoms with van der Waals surface area (Å²) in [6.07, 6.45) is 0.790. The fraction of sp³-hybridized carbons (Fsp3) is 0.556. The van der Waals surface area contributed by atoms with Crippen LogP contribution in [-0.2, 0) is 14.8 Å². The minimum atomic E-state index is -3.55. The third-order valence-corrected chi connectivity index (χ3v) is 6.49. The number of aryl methyl sites for hydroxylation is 2. The monoisotopic (exact) mass is 396 g/mol. The van der Waals surface area contributed by atoms with Gasteiger partial charge in [-0.25, -0.2) is 13.2 Å². The van der Waals surface area contributed by atoms with Crippen LogP contribution in [0, 0.1) is 13.8 Å². The number of nitrogens with zero attached hydrogens (tertiary/aromatic N) is 2. The van der Waals surface area contributed by atoms with Gasteiger partial charge in [-0.05, 0) is 37.5 Å². The normalized spacial score (nSPS) is 16.1. The van der Waals surface area contributed by atoms with E-state index in [1.807, 2.05) is 30.9 Å². The SMILES string of the molecule is CCCNC(=O)NC(=O)CN1CCN(S(=O)(=O)c2cc(C)ccc2C)CC1. The Morgan fingerprint density at radius 2 is 1.78 bits per heavy atom. The van der Waals surface area contributed by atoms with Crippen LogP contribution >= 0.6 is 0 Å². The molecule has 150 valence electrons. The second-order valence-corrected chi connectivity index (χ2v) is 8.66. The highest BCUT2D eigenvalue weighted by molar-refractivity contribution is 7.89. The number of carbonyl (C=O) groups is 2. The van der Waals surface area contributed by atoms with Crippen molar-refractivity contribution in [1.29, 1.82) is 0 Å². The number of hydrogen-bond donors (Lipinski definition) is 2. The lowest BCUT2D eigenvalue weighted by Gasteiger charge is -2.33. The van der Waals surface area contributed by atoms with Crippen LogP contribution in [0.1, 0.15) is 24.5 Å². The molecule has 0 radical (unpaired) electrons. The summed E-state index contributed by atoms with van der Waals surface area (Å²) < 4.78 is 27.3. The summed E-state index contributed by atoms with van der Waals surface area (Å²) in [4.78, 5) is 25.6. The van der Waals surface area contributed by atoms with Crippen LogP contribution in [0.4, 0.5) is 4.79 Å². The third kappa shape index (κ3) is 5.75. The van der Waals surface area contributed by atoms with Gasteiger partial charge in [0.1, 0.15) is 0 Å². The zero-order valence-electron chi connectivity index (χ0n) is 16.1. The van der Waals surface area contributed by atoms with E-state index in [4.69, 9.17) is 0 Å². The van der Waals surface area contributed by atoms with Gasteiger partial charge < -0.3 is 5.32 Å². The molecule has 1 fully saturated rings. The molecule has 27 heavy (non-hydrogen) atoms. The Kier molecular flexibility index (Phi) is 7.34. The van der Waals surface area contributed by atoms with Crippen LogP contribution < -0.4 is 10.6 Å². The van der Waals surface area contributed by atoms with Crippen molar-refractivity contribution < 1.29 is 18.0 Å². The predicted molar refractivity (Wildman–Crippen MR) is 103 cm³/mol. The molecule has 0 aromatic heterocycles. The van der Waals surface area contributed by atoms with Crippen LogP contribution in [0.2, 0.25) is 0 Å². The Labute approximate surface area is 161 Å². The molecule has 9 heteroatoms. The van der Waals surface area contributed by atoms with E-state index in [9.17, 15) is 18.0 Å². The molecule has 3 amide bonds. The van der Waals surface area contributed by atoms with E-state index in [-0.39, 0.29) is 6.54 Å². The Balaban J connectivity index is 1.90. The number of carbonyl (C=O) groups excluding carboxylic acids is 2. The first kappa shape index (κ1) is 21.3. The van der Waals surface area contributed by atoms with Gasteiger partial charge >= 0.3 is 6.03 Å². The largest absolute Gasteiger partial charge is 0.338 e. The minimum Gasteiger partial charge on any atom is -0.338 e. The molecule has 0 spiro atoms. The van der Waals surface area contributed by atoms with Gasteiger partial charge in [-0.15, -0.1) is 0 Å². The second kappa shape index (κ2) is 9.29. The Morgan fingerprint density at radius 3 is 2.41 bits per heavy atom. The number of imide groups is 1. The summed E-state index contributed by atoms with van der Waals surface area (Å²) >= 11 is 0. The van der Waals surface area contributed by atoms with Gasteiger partial charge in [-0.3, -0.25) is 15.0 Å². The number of hydrogen-bond acceptors (Lipinski definition) is 5. The maximum absolute atomic E-state index is 12.9. The van der Waals surface area contributed by atoms with Gasteiger partial charge in [-0.1, -0.05) is 19.1 Å². The predicted octanol–water partition coefficient (Wildman–Crippen LogP) is 0.846. The summed E-state index contributed by atoms with van der Waals surface area (Å²) in [5.74, 6) is -0.394. The molecule has 1 heterocycles. The highest BCUT2D eigenvalue weighted by Crippen LogP contribution is 2.22. The van der Waals surface area contributed by atoms with Crippen molar-refractivity contribution in [2.45, 2.75) is 32.1 Å². The number of urea groups is 1. The molecule has 0 aliphatic carbocycles. The zero-order chi connectivity index (χ0) is 20.0. The molecule has 0 saturated carbocycles. The first-order valence-electron chi connectivity index (χ1n) is 9.11. The van der Waals surface area contributed by atoms with Crippen molar-refractivity contribution in [3.63, 3.8) is 0 Å². The van der Waals surface area contributed by atoms with E-state index in [0.29, 0.717) is 37.6 Å². The van der Waals surface area contributed by atoms with Gasteiger partial charge in [0, 0.05) is 32.7 Å². The van der Waals surface area contributed by atoms with Crippen LogP contribution in [0.5, 0.6) is 0 Å². The maximum Gasteiger partial charge on any atom is 0.321 e. The molecule has 2 N–H and O–H groups in total. The molecule has 0 bridgehead atoms. The van der Waals surface area contributed by atoms with Gasteiger partial charge in [0.05, 0.1) is 11.4 Å². The van der Waals surface area contributed by atoms with Crippen LogP contribution in [0.15, 0.2) is 23.1 Å². The molecule has 1 aliphatic rings. The van der Waals surface area contributed by atoms with Crippen LogP contribution in [0.3, 0.4) is 0 Å². The Bertz CT molecular complexity index is 787. The average Bonchev–Trinajstić information content (AvgIpc) is 2.62. The van der Waals surface area contributed by atoms with Gasteiger partial charge in [0.15, 0.2) is 0 Å². The van der Waals surface area contributed by atoms with Crippen molar-refractivity contribution in [2.24, 2.45) is 0 Å². The van der Waals surface area contributed by atoms with Gasteiger partial charge in [0.25, 0.3) is 0 Å². The summed E-state index contributed by atoms with van der Waals surface area (Å²) in [5, 5.41) is 4.86. The molecular formula is C18H28N4O4S. The Hall–Kier alpha value is -1.97. The second-order valence-electron chi connectivity index (χ2n) is 6.75. The molecule has 2 rings (SSSR count). The molecule has 8 nitrogen and oxygen atoms in total. The number of amides is 3. The van der Waals surface area contributed by atoms with Gasteiger partial charge in [0.2, 0.25) is 15.9 Å². The number of sulfonamides is 1. The third-order valence-electron chi connectivity index (χ3n) is 4.45. The zero-order valence-corrected chi connectivity index (χ0v) is 16.9. The van der Waals surface area contributed by atoms with Crippen molar-refractivity contribution in [3.8, 4) is 0 Å². The lowest BCUT2D eigenvalue weighted by Crippen LogP contribution is -2.52. The highest BCUT2D eigenvalue weighted by Gasteiger charge is 2.30. The number of nitrogens with one attached hydrogen (secondary N) is 2. The van der Waals surface area contributed by atoms with E-state index >= 15 is 0 Å². The van der Waals surface area contributed by atoms with Crippen molar-refractivity contribution in [3.05, 3.63) is 29.3 Å². The van der Waals surface area contributed by atoms with Crippen LogP contribution in [-0.4, -0.2) is 68.8 Å². The summed E-state index contributed by atoms with van der Waals surface area (Å²) in [6, 6.07) is 4.89. The van der Waals surface area contributed by atoms with Crippen LogP contribution in [0.25, 0.3) is 0 Å². The molecular weight excluding hydrogens is 368 g/mol. The Morgan fingerprint density at radius 1 is 1.11 bits per heavy atom. The molecule has 1 aromatic rings. The maximum atomic E-state index is 12.9.